The lowest BCUT2D eigenvalue weighted by Gasteiger charge is -2.18. The molecule has 4 N–H and O–H groups in total. The van der Waals surface area contributed by atoms with Gasteiger partial charge < -0.3 is 15.8 Å². The number of aryl methyl sites for hydroxylation is 2. The summed E-state index contributed by atoms with van der Waals surface area (Å²) >= 11 is 0. The number of carboxylic acid groups (broad SMARTS) is 1. The molecule has 1 rings (SSSR count). The number of hydrogen-bond donors (Lipinski definition) is 3. The predicted octanol–water partition coefficient (Wildman–Crippen LogP) is 0.976. The highest BCUT2D eigenvalue weighted by molar-refractivity contribution is 5.78. The van der Waals surface area contributed by atoms with Gasteiger partial charge in [-0.3, -0.25) is 4.79 Å². The smallest absolute Gasteiger partial charge is 0.323 e. The zero-order valence-corrected chi connectivity index (χ0v) is 8.72. The van der Waals surface area contributed by atoms with E-state index in [1.54, 1.807) is 0 Å². The maximum Gasteiger partial charge on any atom is 0.323 e. The highest BCUT2D eigenvalue weighted by atomic mass is 16.4. The minimum Gasteiger partial charge on any atom is -0.480 e. The van der Waals surface area contributed by atoms with E-state index < -0.39 is 11.5 Å². The van der Waals surface area contributed by atoms with Gasteiger partial charge in [0.1, 0.15) is 5.54 Å². The fourth-order valence-corrected chi connectivity index (χ4v) is 1.41. The third-order valence-electron chi connectivity index (χ3n) is 2.29. The third kappa shape index (κ3) is 2.14. The van der Waals surface area contributed by atoms with Gasteiger partial charge in [0.15, 0.2) is 0 Å². The van der Waals surface area contributed by atoms with Crippen LogP contribution in [-0.2, 0) is 11.2 Å². The quantitative estimate of drug-likeness (QED) is 0.674. The fourth-order valence-electron chi connectivity index (χ4n) is 1.41. The molecule has 0 bridgehead atoms. The molecule has 0 aliphatic rings. The molecule has 0 amide bonds. The fraction of sp³-hybridized carbons (Fsp3) is 0.500. The van der Waals surface area contributed by atoms with Crippen molar-refractivity contribution < 1.29 is 9.90 Å². The van der Waals surface area contributed by atoms with Crippen molar-refractivity contribution in [1.29, 1.82) is 0 Å². The molecule has 4 heteroatoms. The van der Waals surface area contributed by atoms with E-state index >= 15 is 0 Å². The van der Waals surface area contributed by atoms with Crippen LogP contribution in [-0.4, -0.2) is 21.6 Å². The average molecular weight is 196 g/mol. The highest BCUT2D eigenvalue weighted by Crippen LogP contribution is 2.15. The Bertz CT molecular complexity index is 353. The minimum absolute atomic E-state index is 0.321. The standard InChI is InChI=1S/C10H16N2O2/c1-6-4-7(2)12-8(6)5-10(3,11)9(13)14/h4,12H,5,11H2,1-3H3,(H,13,14). The minimum atomic E-state index is -1.21. The van der Waals surface area contributed by atoms with E-state index in [0.29, 0.717) is 6.42 Å². The number of H-pyrrole nitrogens is 1. The summed E-state index contributed by atoms with van der Waals surface area (Å²) in [6.45, 7) is 5.40. The van der Waals surface area contributed by atoms with Crippen LogP contribution in [0.2, 0.25) is 0 Å². The Morgan fingerprint density at radius 1 is 1.64 bits per heavy atom. The molecular weight excluding hydrogens is 180 g/mol. The topological polar surface area (TPSA) is 79.1 Å². The van der Waals surface area contributed by atoms with Crippen molar-refractivity contribution in [1.82, 2.24) is 4.98 Å². The Labute approximate surface area is 83.1 Å². The molecule has 1 aromatic heterocycles. The summed E-state index contributed by atoms with van der Waals surface area (Å²) in [5, 5.41) is 8.86. The average Bonchev–Trinajstić information content (AvgIpc) is 2.29. The van der Waals surface area contributed by atoms with Crippen LogP contribution in [0, 0.1) is 13.8 Å². The summed E-state index contributed by atoms with van der Waals surface area (Å²) in [7, 11) is 0. The number of aliphatic carboxylic acids is 1. The van der Waals surface area contributed by atoms with Gasteiger partial charge in [-0.1, -0.05) is 0 Å². The van der Waals surface area contributed by atoms with E-state index in [9.17, 15) is 4.79 Å². The van der Waals surface area contributed by atoms with Crippen LogP contribution in [0.5, 0.6) is 0 Å². The van der Waals surface area contributed by atoms with Crippen molar-refractivity contribution in [2.45, 2.75) is 32.7 Å². The van der Waals surface area contributed by atoms with Gasteiger partial charge in [-0.05, 0) is 32.4 Å². The first-order chi connectivity index (χ1) is 6.33. The Kier molecular flexibility index (Phi) is 2.66. The second-order valence-electron chi connectivity index (χ2n) is 4.01. The summed E-state index contributed by atoms with van der Waals surface area (Å²) in [4.78, 5) is 13.9. The molecule has 0 aliphatic heterocycles. The lowest BCUT2D eigenvalue weighted by Crippen LogP contribution is -2.47. The van der Waals surface area contributed by atoms with Crippen LogP contribution >= 0.6 is 0 Å². The first-order valence-corrected chi connectivity index (χ1v) is 4.50. The zero-order chi connectivity index (χ0) is 10.9. The lowest BCUT2D eigenvalue weighted by molar-refractivity contribution is -0.142. The van der Waals surface area contributed by atoms with E-state index in [4.69, 9.17) is 10.8 Å². The summed E-state index contributed by atoms with van der Waals surface area (Å²) in [6.07, 6.45) is 0.321. The summed E-state index contributed by atoms with van der Waals surface area (Å²) in [6, 6.07) is 1.98. The molecular formula is C10H16N2O2. The molecule has 1 atom stereocenters. The summed E-state index contributed by atoms with van der Waals surface area (Å²) in [5.41, 5.74) is 7.42. The van der Waals surface area contributed by atoms with Gasteiger partial charge in [-0.15, -0.1) is 0 Å². The first-order valence-electron chi connectivity index (χ1n) is 4.50. The third-order valence-corrected chi connectivity index (χ3v) is 2.29. The van der Waals surface area contributed by atoms with Crippen LogP contribution in [0.15, 0.2) is 6.07 Å². The van der Waals surface area contributed by atoms with E-state index in [-0.39, 0.29) is 0 Å². The number of aromatic amines is 1. The molecule has 0 aliphatic carbocycles. The van der Waals surface area contributed by atoms with Crippen LogP contribution < -0.4 is 5.73 Å². The van der Waals surface area contributed by atoms with Crippen molar-refractivity contribution >= 4 is 5.97 Å². The molecule has 1 heterocycles. The SMILES string of the molecule is Cc1cc(C)c(CC(C)(N)C(=O)O)[nH]1. The van der Waals surface area contributed by atoms with E-state index in [1.807, 2.05) is 19.9 Å². The Morgan fingerprint density at radius 3 is 2.57 bits per heavy atom. The molecule has 4 nitrogen and oxygen atoms in total. The number of hydrogen-bond acceptors (Lipinski definition) is 2. The number of rotatable bonds is 3. The largest absolute Gasteiger partial charge is 0.480 e. The van der Waals surface area contributed by atoms with Gasteiger partial charge in [0, 0.05) is 17.8 Å². The second kappa shape index (κ2) is 3.46. The van der Waals surface area contributed by atoms with Gasteiger partial charge in [-0.25, -0.2) is 0 Å². The molecule has 1 aromatic rings. The first kappa shape index (κ1) is 10.8. The number of carbonyl (C=O) groups is 1. The van der Waals surface area contributed by atoms with Crippen LogP contribution in [0.3, 0.4) is 0 Å². The summed E-state index contributed by atoms with van der Waals surface area (Å²) < 4.78 is 0. The number of nitrogens with two attached hydrogens (primary N) is 1. The highest BCUT2D eigenvalue weighted by Gasteiger charge is 2.29. The van der Waals surface area contributed by atoms with Crippen LogP contribution in [0.1, 0.15) is 23.9 Å². The van der Waals surface area contributed by atoms with Crippen molar-refractivity contribution in [2.24, 2.45) is 5.73 Å². The Morgan fingerprint density at radius 2 is 2.21 bits per heavy atom. The molecule has 0 aromatic carbocycles. The number of carboxylic acids is 1. The van der Waals surface area contributed by atoms with Gasteiger partial charge in [0.05, 0.1) is 0 Å². The number of nitrogens with one attached hydrogen (secondary N) is 1. The molecule has 0 saturated carbocycles. The number of aromatic nitrogens is 1. The van der Waals surface area contributed by atoms with Gasteiger partial charge in [0.25, 0.3) is 0 Å². The Balaban J connectivity index is 2.88. The molecule has 0 radical (unpaired) electrons. The van der Waals surface area contributed by atoms with Gasteiger partial charge in [-0.2, -0.15) is 0 Å². The van der Waals surface area contributed by atoms with Gasteiger partial charge >= 0.3 is 5.97 Å². The van der Waals surface area contributed by atoms with Gasteiger partial charge in [0.2, 0.25) is 0 Å². The van der Waals surface area contributed by atoms with Crippen molar-refractivity contribution in [2.75, 3.05) is 0 Å². The van der Waals surface area contributed by atoms with Crippen molar-refractivity contribution in [3.8, 4) is 0 Å². The van der Waals surface area contributed by atoms with Crippen molar-refractivity contribution in [3.05, 3.63) is 23.0 Å². The van der Waals surface area contributed by atoms with Crippen LogP contribution in [0.25, 0.3) is 0 Å². The molecule has 0 saturated heterocycles. The molecule has 0 fully saturated rings. The van der Waals surface area contributed by atoms with Crippen LogP contribution in [0.4, 0.5) is 0 Å². The van der Waals surface area contributed by atoms with E-state index in [0.717, 1.165) is 17.0 Å². The molecule has 1 unspecified atom stereocenters. The van der Waals surface area contributed by atoms with E-state index in [1.165, 1.54) is 6.92 Å². The lowest BCUT2D eigenvalue weighted by atomic mass is 9.96. The zero-order valence-electron chi connectivity index (χ0n) is 8.72. The molecule has 0 spiro atoms. The van der Waals surface area contributed by atoms with Crippen molar-refractivity contribution in [3.63, 3.8) is 0 Å². The maximum atomic E-state index is 10.8. The molecule has 14 heavy (non-hydrogen) atoms. The maximum absolute atomic E-state index is 10.8. The molecule has 78 valence electrons. The normalized spacial score (nSPS) is 15.1. The second-order valence-corrected chi connectivity index (χ2v) is 4.01. The summed E-state index contributed by atoms with van der Waals surface area (Å²) in [5.74, 6) is -0.982. The van der Waals surface area contributed by atoms with E-state index in [2.05, 4.69) is 4.98 Å². The Hall–Kier alpha value is -1.29. The monoisotopic (exact) mass is 196 g/mol. The predicted molar refractivity (Wildman–Crippen MR) is 54.2 cm³/mol.